The quantitative estimate of drug-likeness (QED) is 0.801. The topological polar surface area (TPSA) is 42.0 Å². The van der Waals surface area contributed by atoms with Crippen molar-refractivity contribution < 1.29 is 13.6 Å². The van der Waals surface area contributed by atoms with Gasteiger partial charge in [0.1, 0.15) is 11.6 Å². The summed E-state index contributed by atoms with van der Waals surface area (Å²) in [6, 6.07) is 12.3. The third-order valence-corrected chi connectivity index (χ3v) is 3.55. The van der Waals surface area contributed by atoms with Crippen molar-refractivity contribution >= 4 is 16.8 Å². The van der Waals surface area contributed by atoms with Gasteiger partial charge in [-0.15, -0.1) is 0 Å². The normalized spacial score (nSPS) is 10.7. The van der Waals surface area contributed by atoms with Crippen molar-refractivity contribution in [3.05, 3.63) is 77.5 Å². The summed E-state index contributed by atoms with van der Waals surface area (Å²) in [5.74, 6) is -1.23. The van der Waals surface area contributed by atoms with Gasteiger partial charge in [0.2, 0.25) is 0 Å². The summed E-state index contributed by atoms with van der Waals surface area (Å²) in [6.07, 6.45) is 1.91. The van der Waals surface area contributed by atoms with Crippen molar-refractivity contribution in [3.8, 4) is 0 Å². The molecule has 1 N–H and O–H groups in total. The Bertz CT molecular complexity index is 865. The SMILES string of the molecule is O=C(NCCc1ccccc1F)c1cc(F)cc2cccnc12. The number of pyridine rings is 1. The van der Waals surface area contributed by atoms with Gasteiger partial charge < -0.3 is 5.32 Å². The molecule has 0 atom stereocenters. The second-order valence-electron chi connectivity index (χ2n) is 5.13. The molecule has 0 unspecified atom stereocenters. The molecule has 0 radical (unpaired) electrons. The molecule has 3 nitrogen and oxygen atoms in total. The zero-order chi connectivity index (χ0) is 16.2. The molecule has 0 saturated heterocycles. The molecule has 0 aliphatic heterocycles. The first-order chi connectivity index (χ1) is 11.1. The number of aromatic nitrogens is 1. The Kier molecular flexibility index (Phi) is 4.28. The Morgan fingerprint density at radius 3 is 2.74 bits per heavy atom. The molecule has 116 valence electrons. The second-order valence-corrected chi connectivity index (χ2v) is 5.13. The van der Waals surface area contributed by atoms with Crippen molar-refractivity contribution in [2.45, 2.75) is 6.42 Å². The average molecular weight is 312 g/mol. The molecule has 3 aromatic rings. The van der Waals surface area contributed by atoms with Crippen LogP contribution in [0.2, 0.25) is 0 Å². The van der Waals surface area contributed by atoms with E-state index in [4.69, 9.17) is 0 Å². The number of carbonyl (C=O) groups is 1. The number of nitrogens with zero attached hydrogens (tertiary/aromatic N) is 1. The number of fused-ring (bicyclic) bond motifs is 1. The van der Waals surface area contributed by atoms with Crippen LogP contribution in [-0.2, 0) is 6.42 Å². The maximum Gasteiger partial charge on any atom is 0.253 e. The first-order valence-corrected chi connectivity index (χ1v) is 7.21. The van der Waals surface area contributed by atoms with Gasteiger partial charge in [-0.3, -0.25) is 9.78 Å². The first kappa shape index (κ1) is 15.1. The lowest BCUT2D eigenvalue weighted by Crippen LogP contribution is -2.26. The fraction of sp³-hybridized carbons (Fsp3) is 0.111. The molecule has 3 rings (SSSR count). The number of amides is 1. The summed E-state index contributed by atoms with van der Waals surface area (Å²) in [5.41, 5.74) is 1.14. The molecule has 1 aromatic heterocycles. The van der Waals surface area contributed by atoms with Gasteiger partial charge >= 0.3 is 0 Å². The van der Waals surface area contributed by atoms with Crippen LogP contribution in [0.3, 0.4) is 0 Å². The monoisotopic (exact) mass is 312 g/mol. The van der Waals surface area contributed by atoms with Crippen molar-refractivity contribution in [2.24, 2.45) is 0 Å². The standard InChI is InChI=1S/C18H14F2N2O/c19-14-10-13-5-3-8-21-17(13)15(11-14)18(23)22-9-7-12-4-1-2-6-16(12)20/h1-6,8,10-11H,7,9H2,(H,22,23). The predicted molar refractivity (Wildman–Crippen MR) is 84.1 cm³/mol. The van der Waals surface area contributed by atoms with Crippen LogP contribution in [0.4, 0.5) is 8.78 Å². The van der Waals surface area contributed by atoms with E-state index in [1.807, 2.05) is 0 Å². The number of nitrogens with one attached hydrogen (secondary N) is 1. The van der Waals surface area contributed by atoms with E-state index in [1.165, 1.54) is 12.1 Å². The van der Waals surface area contributed by atoms with E-state index >= 15 is 0 Å². The van der Waals surface area contributed by atoms with E-state index in [0.717, 1.165) is 6.07 Å². The fourth-order valence-electron chi connectivity index (χ4n) is 2.44. The molecule has 5 heteroatoms. The smallest absolute Gasteiger partial charge is 0.253 e. The van der Waals surface area contributed by atoms with Crippen LogP contribution in [0.15, 0.2) is 54.7 Å². The van der Waals surface area contributed by atoms with Gasteiger partial charge in [0.15, 0.2) is 0 Å². The molecule has 0 fully saturated rings. The van der Waals surface area contributed by atoms with Gasteiger partial charge in [-0.05, 0) is 36.2 Å². The molecular weight excluding hydrogens is 298 g/mol. The predicted octanol–water partition coefficient (Wildman–Crippen LogP) is 3.49. The number of rotatable bonds is 4. The first-order valence-electron chi connectivity index (χ1n) is 7.21. The molecular formula is C18H14F2N2O. The largest absolute Gasteiger partial charge is 0.352 e. The molecule has 0 aliphatic rings. The van der Waals surface area contributed by atoms with Crippen molar-refractivity contribution in [2.75, 3.05) is 6.54 Å². The van der Waals surface area contributed by atoms with E-state index in [9.17, 15) is 13.6 Å². The zero-order valence-corrected chi connectivity index (χ0v) is 12.2. The fourth-order valence-corrected chi connectivity index (χ4v) is 2.44. The molecule has 0 bridgehead atoms. The lowest BCUT2D eigenvalue weighted by atomic mass is 10.1. The summed E-state index contributed by atoms with van der Waals surface area (Å²) >= 11 is 0. The van der Waals surface area contributed by atoms with Gasteiger partial charge in [-0.25, -0.2) is 8.78 Å². The number of halogens is 2. The summed E-state index contributed by atoms with van der Waals surface area (Å²) in [4.78, 5) is 16.4. The minimum Gasteiger partial charge on any atom is -0.352 e. The average Bonchev–Trinajstić information content (AvgIpc) is 2.55. The Labute approximate surface area is 132 Å². The number of hydrogen-bond acceptors (Lipinski definition) is 2. The third-order valence-electron chi connectivity index (χ3n) is 3.55. The van der Waals surface area contributed by atoms with Crippen LogP contribution < -0.4 is 5.32 Å². The summed E-state index contributed by atoms with van der Waals surface area (Å²) in [7, 11) is 0. The highest BCUT2D eigenvalue weighted by Crippen LogP contribution is 2.18. The maximum atomic E-state index is 13.6. The molecule has 0 spiro atoms. The number of benzene rings is 2. The molecule has 2 aromatic carbocycles. The molecule has 23 heavy (non-hydrogen) atoms. The third kappa shape index (κ3) is 3.34. The second kappa shape index (κ2) is 6.52. The van der Waals surface area contributed by atoms with Crippen molar-refractivity contribution in [1.29, 1.82) is 0 Å². The lowest BCUT2D eigenvalue weighted by Gasteiger charge is -2.08. The van der Waals surface area contributed by atoms with Gasteiger partial charge in [0.05, 0.1) is 11.1 Å². The van der Waals surface area contributed by atoms with Crippen LogP contribution in [0.5, 0.6) is 0 Å². The van der Waals surface area contributed by atoms with Crippen LogP contribution >= 0.6 is 0 Å². The van der Waals surface area contributed by atoms with Crippen LogP contribution in [0.1, 0.15) is 15.9 Å². The Balaban J connectivity index is 1.75. The van der Waals surface area contributed by atoms with Gasteiger partial charge in [-0.1, -0.05) is 24.3 Å². The highest BCUT2D eigenvalue weighted by atomic mass is 19.1. The van der Waals surface area contributed by atoms with Crippen LogP contribution in [0.25, 0.3) is 10.9 Å². The van der Waals surface area contributed by atoms with E-state index in [2.05, 4.69) is 10.3 Å². The molecule has 1 heterocycles. The van der Waals surface area contributed by atoms with Crippen LogP contribution in [-0.4, -0.2) is 17.4 Å². The Hall–Kier alpha value is -2.82. The van der Waals surface area contributed by atoms with E-state index in [1.54, 1.807) is 36.5 Å². The minimum atomic E-state index is -0.496. The van der Waals surface area contributed by atoms with Gasteiger partial charge in [0, 0.05) is 18.1 Å². The lowest BCUT2D eigenvalue weighted by molar-refractivity contribution is 0.0955. The van der Waals surface area contributed by atoms with Crippen molar-refractivity contribution in [3.63, 3.8) is 0 Å². The summed E-state index contributed by atoms with van der Waals surface area (Å²) in [5, 5.41) is 3.24. The minimum absolute atomic E-state index is 0.175. The molecule has 1 amide bonds. The molecule has 0 aliphatic carbocycles. The Morgan fingerprint density at radius 1 is 1.09 bits per heavy atom. The van der Waals surface area contributed by atoms with Gasteiger partial charge in [-0.2, -0.15) is 0 Å². The zero-order valence-electron chi connectivity index (χ0n) is 12.2. The van der Waals surface area contributed by atoms with E-state index in [0.29, 0.717) is 22.9 Å². The van der Waals surface area contributed by atoms with E-state index in [-0.39, 0.29) is 17.9 Å². The molecule has 0 saturated carbocycles. The van der Waals surface area contributed by atoms with Gasteiger partial charge in [0.25, 0.3) is 5.91 Å². The number of carbonyl (C=O) groups excluding carboxylic acids is 1. The van der Waals surface area contributed by atoms with E-state index < -0.39 is 11.7 Å². The summed E-state index contributed by atoms with van der Waals surface area (Å²) in [6.45, 7) is 0.255. The highest BCUT2D eigenvalue weighted by Gasteiger charge is 2.13. The highest BCUT2D eigenvalue weighted by molar-refractivity contribution is 6.05. The van der Waals surface area contributed by atoms with Crippen molar-refractivity contribution in [1.82, 2.24) is 10.3 Å². The summed E-state index contributed by atoms with van der Waals surface area (Å²) < 4.78 is 27.2. The maximum absolute atomic E-state index is 13.6. The van der Waals surface area contributed by atoms with Crippen LogP contribution in [0, 0.1) is 11.6 Å². The Morgan fingerprint density at radius 2 is 1.91 bits per heavy atom. The number of hydrogen-bond donors (Lipinski definition) is 1.